The summed E-state index contributed by atoms with van der Waals surface area (Å²) in [4.78, 5) is 72.4. The molecule has 0 radical (unpaired) electrons. The van der Waals surface area contributed by atoms with Crippen molar-refractivity contribution in [3.63, 3.8) is 0 Å². The molecule has 2 fully saturated rings. The second-order valence-electron chi connectivity index (χ2n) is 11.4. The van der Waals surface area contributed by atoms with Gasteiger partial charge in [-0.05, 0) is 68.1 Å². The smallest absolute Gasteiger partial charge is 0.338 e. The maximum absolute atomic E-state index is 14.2. The molecule has 2 aromatic carbocycles. The van der Waals surface area contributed by atoms with E-state index in [0.29, 0.717) is 34.2 Å². The van der Waals surface area contributed by atoms with Crippen molar-refractivity contribution in [3.05, 3.63) is 74.2 Å². The molecule has 3 aliphatic heterocycles. The number of fused-ring (bicyclic) bond motifs is 2. The Morgan fingerprint density at radius 3 is 2.25 bits per heavy atom. The number of carbonyl (C=O) groups is 4. The summed E-state index contributed by atoms with van der Waals surface area (Å²) in [5.74, 6) is -2.64. The first kappa shape index (κ1) is 30.1. The van der Waals surface area contributed by atoms with E-state index in [1.165, 1.54) is 21.2 Å². The van der Waals surface area contributed by atoms with Crippen molar-refractivity contribution in [2.24, 2.45) is 5.92 Å². The maximum Gasteiger partial charge on any atom is 0.338 e. The number of hydrogen-bond acceptors (Lipinski definition) is 9. The third-order valence-electron chi connectivity index (χ3n) is 8.46. The Balaban J connectivity index is 1.39. The third-order valence-corrected chi connectivity index (χ3v) is 11.1. The number of esters is 1. The van der Waals surface area contributed by atoms with Gasteiger partial charge in [-0.1, -0.05) is 35.2 Å². The zero-order valence-electron chi connectivity index (χ0n) is 24.9. The predicted octanol–water partition coefficient (Wildman–Crippen LogP) is 3.96. The van der Waals surface area contributed by atoms with Crippen LogP contribution in [0.25, 0.3) is 0 Å². The molecule has 0 bridgehead atoms. The summed E-state index contributed by atoms with van der Waals surface area (Å²) in [6, 6.07) is 14.0. The molecule has 1 aromatic heterocycles. The Morgan fingerprint density at radius 2 is 1.61 bits per heavy atom. The summed E-state index contributed by atoms with van der Waals surface area (Å²) in [7, 11) is 3.88. The van der Waals surface area contributed by atoms with Gasteiger partial charge >= 0.3 is 10.8 Å². The lowest BCUT2D eigenvalue weighted by atomic mass is 9.83. The normalized spacial score (nSPS) is 21.2. The third kappa shape index (κ3) is 5.34. The summed E-state index contributed by atoms with van der Waals surface area (Å²) in [5, 5.41) is -0.211. The molecule has 4 heterocycles. The largest absolute Gasteiger partial charge is 0.462 e. The van der Waals surface area contributed by atoms with E-state index in [9.17, 15) is 24.0 Å². The topological polar surface area (TPSA) is 109 Å². The van der Waals surface area contributed by atoms with Gasteiger partial charge in [0, 0.05) is 43.7 Å². The average molecular weight is 635 g/mol. The quantitative estimate of drug-likeness (QED) is 0.284. The molecule has 0 unspecified atom stereocenters. The first-order valence-corrected chi connectivity index (χ1v) is 16.5. The number of anilines is 2. The molecule has 44 heavy (non-hydrogen) atoms. The Kier molecular flexibility index (Phi) is 8.38. The van der Waals surface area contributed by atoms with Gasteiger partial charge in [-0.25, -0.2) is 9.69 Å². The van der Waals surface area contributed by atoms with Crippen molar-refractivity contribution in [2.75, 3.05) is 43.6 Å². The van der Waals surface area contributed by atoms with Crippen LogP contribution >= 0.6 is 23.1 Å². The van der Waals surface area contributed by atoms with Crippen molar-refractivity contribution in [2.45, 2.75) is 48.9 Å². The number of nitrogens with zero attached hydrogens (tertiary/aromatic N) is 4. The monoisotopic (exact) mass is 634 g/mol. The highest BCUT2D eigenvalue weighted by Crippen LogP contribution is 2.54. The number of imide groups is 1. The molecule has 12 heteroatoms. The van der Waals surface area contributed by atoms with Gasteiger partial charge in [-0.15, -0.1) is 0 Å². The van der Waals surface area contributed by atoms with E-state index in [1.54, 1.807) is 36.1 Å². The molecular formula is C32H34N4O6S2. The lowest BCUT2D eigenvalue weighted by Gasteiger charge is -2.31. The van der Waals surface area contributed by atoms with E-state index < -0.39 is 23.1 Å². The number of aromatic nitrogens is 1. The fraction of sp³-hybridized carbons (Fsp3) is 0.406. The Labute approximate surface area is 263 Å². The fourth-order valence-corrected chi connectivity index (χ4v) is 8.96. The second-order valence-corrected chi connectivity index (χ2v) is 13.5. The van der Waals surface area contributed by atoms with Crippen LogP contribution in [0.15, 0.2) is 58.4 Å². The van der Waals surface area contributed by atoms with Gasteiger partial charge in [-0.2, -0.15) is 0 Å². The fourth-order valence-electron chi connectivity index (χ4n) is 6.19. The van der Waals surface area contributed by atoms with Crippen LogP contribution in [0.2, 0.25) is 0 Å². The zero-order valence-corrected chi connectivity index (χ0v) is 26.5. The summed E-state index contributed by atoms with van der Waals surface area (Å²) in [6.07, 6.45) is 2.97. The van der Waals surface area contributed by atoms with Crippen LogP contribution in [0.3, 0.4) is 0 Å². The molecule has 0 aliphatic carbocycles. The minimum atomic E-state index is -0.788. The van der Waals surface area contributed by atoms with Crippen LogP contribution < -0.4 is 14.7 Å². The van der Waals surface area contributed by atoms with Crippen LogP contribution in [-0.4, -0.2) is 72.2 Å². The standard InChI is InChI=1S/C32H34N4O6S2/c1-4-42-31(40)20-10-14-22(15-11-20)36-28(38)25-24(19-8-12-21(13-9-19)33(2)3)27-30(43-26(25)29(36)39)35(32(41)44-27)18-23(37)34-16-6-5-7-17-34/h8-15,24-26H,4-7,16-18H2,1-3H3/t24-,25-,26+/m0/s1. The van der Waals surface area contributed by atoms with Gasteiger partial charge in [0.25, 0.3) is 0 Å². The van der Waals surface area contributed by atoms with Gasteiger partial charge in [0.1, 0.15) is 11.8 Å². The van der Waals surface area contributed by atoms with Gasteiger partial charge in [-0.3, -0.25) is 23.7 Å². The lowest BCUT2D eigenvalue weighted by Crippen LogP contribution is -2.39. The first-order chi connectivity index (χ1) is 21.2. The zero-order chi connectivity index (χ0) is 31.1. The number of thiazole rings is 1. The number of carbonyl (C=O) groups excluding carboxylic acids is 4. The molecule has 2 saturated heterocycles. The van der Waals surface area contributed by atoms with Crippen LogP contribution in [-0.2, 0) is 25.7 Å². The average Bonchev–Trinajstić information content (AvgIpc) is 3.47. The van der Waals surface area contributed by atoms with Crippen LogP contribution in [0.1, 0.15) is 52.9 Å². The van der Waals surface area contributed by atoms with E-state index >= 15 is 0 Å². The van der Waals surface area contributed by atoms with Crippen molar-refractivity contribution >= 4 is 58.2 Å². The highest BCUT2D eigenvalue weighted by atomic mass is 32.2. The molecule has 0 spiro atoms. The number of rotatable bonds is 7. The predicted molar refractivity (Wildman–Crippen MR) is 170 cm³/mol. The number of likely N-dealkylation sites (tertiary alicyclic amines) is 1. The summed E-state index contributed by atoms with van der Waals surface area (Å²) >= 11 is 2.25. The van der Waals surface area contributed by atoms with E-state index in [1.807, 2.05) is 43.3 Å². The number of ether oxygens (including phenoxy) is 1. The van der Waals surface area contributed by atoms with Crippen LogP contribution in [0.4, 0.5) is 11.4 Å². The number of thioether (sulfide) groups is 1. The number of piperidine rings is 1. The molecule has 6 rings (SSSR count). The van der Waals surface area contributed by atoms with Crippen molar-refractivity contribution in [1.29, 1.82) is 0 Å². The second kappa shape index (κ2) is 12.2. The molecular weight excluding hydrogens is 601 g/mol. The maximum atomic E-state index is 14.2. The molecule has 0 saturated carbocycles. The molecule has 3 amide bonds. The van der Waals surface area contributed by atoms with Crippen molar-refractivity contribution in [3.8, 4) is 0 Å². The van der Waals surface area contributed by atoms with Crippen molar-refractivity contribution < 1.29 is 23.9 Å². The molecule has 10 nitrogen and oxygen atoms in total. The number of amides is 3. The minimum absolute atomic E-state index is 0.0947. The first-order valence-electron chi connectivity index (χ1n) is 14.8. The van der Waals surface area contributed by atoms with Gasteiger partial charge < -0.3 is 14.5 Å². The molecule has 3 atom stereocenters. The Bertz CT molecular complexity index is 1660. The van der Waals surface area contributed by atoms with E-state index in [0.717, 1.165) is 41.9 Å². The van der Waals surface area contributed by atoms with Gasteiger partial charge in [0.05, 0.1) is 28.8 Å². The minimum Gasteiger partial charge on any atom is -0.462 e. The highest BCUT2D eigenvalue weighted by molar-refractivity contribution is 8.00. The van der Waals surface area contributed by atoms with E-state index in [4.69, 9.17) is 4.74 Å². The lowest BCUT2D eigenvalue weighted by molar-refractivity contribution is -0.133. The molecule has 230 valence electrons. The summed E-state index contributed by atoms with van der Waals surface area (Å²) < 4.78 is 6.56. The summed E-state index contributed by atoms with van der Waals surface area (Å²) in [5.41, 5.74) is 2.49. The SMILES string of the molecule is CCOC(=O)c1ccc(N2C(=O)[C@H]3[C@H](c4ccc(N(C)C)cc4)c4sc(=O)n(CC(=O)N5CCCCC5)c4S[C@H]3C2=O)cc1. The Hall–Kier alpha value is -3.90. The van der Waals surface area contributed by atoms with E-state index in [2.05, 4.69) is 0 Å². The molecule has 0 N–H and O–H groups in total. The van der Waals surface area contributed by atoms with Gasteiger partial charge in [0.2, 0.25) is 17.7 Å². The number of benzene rings is 2. The molecule has 3 aliphatic rings. The van der Waals surface area contributed by atoms with E-state index in [-0.39, 0.29) is 35.7 Å². The number of hydrogen-bond donors (Lipinski definition) is 0. The summed E-state index contributed by atoms with van der Waals surface area (Å²) in [6.45, 7) is 3.22. The molecule has 3 aromatic rings. The highest BCUT2D eigenvalue weighted by Gasteiger charge is 2.56. The van der Waals surface area contributed by atoms with Gasteiger partial charge in [0.15, 0.2) is 0 Å². The Morgan fingerprint density at radius 1 is 0.932 bits per heavy atom. The van der Waals surface area contributed by atoms with Crippen molar-refractivity contribution in [1.82, 2.24) is 9.47 Å². The van der Waals surface area contributed by atoms with Crippen LogP contribution in [0, 0.1) is 5.92 Å². The van der Waals surface area contributed by atoms with Crippen LogP contribution in [0.5, 0.6) is 0 Å².